The van der Waals surface area contributed by atoms with Crippen LogP contribution in [0.15, 0.2) is 48.5 Å². The summed E-state index contributed by atoms with van der Waals surface area (Å²) in [5.41, 5.74) is 3.69. The number of hydrogen-bond donors (Lipinski definition) is 1. The van der Waals surface area contributed by atoms with E-state index in [1.165, 1.54) is 12.1 Å². The second-order valence-electron chi connectivity index (χ2n) is 4.92. The standard InChI is InChI=1S/C17H14ClFN2/c1-11-5-6-12-3-2-4-16(17(12)21-11)20-10-13-7-8-14(19)9-15(13)18/h2-9,20H,10H2,1H3. The molecule has 2 nitrogen and oxygen atoms in total. The van der Waals surface area contributed by atoms with E-state index in [9.17, 15) is 4.39 Å². The van der Waals surface area contributed by atoms with Crippen molar-refractivity contribution >= 4 is 28.2 Å². The number of halogens is 2. The van der Waals surface area contributed by atoms with Crippen LogP contribution in [0.4, 0.5) is 10.1 Å². The summed E-state index contributed by atoms with van der Waals surface area (Å²) in [4.78, 5) is 4.57. The Morgan fingerprint density at radius 2 is 2.00 bits per heavy atom. The number of aryl methyl sites for hydroxylation is 1. The van der Waals surface area contributed by atoms with Crippen molar-refractivity contribution in [3.8, 4) is 0 Å². The van der Waals surface area contributed by atoms with Gasteiger partial charge >= 0.3 is 0 Å². The molecule has 106 valence electrons. The van der Waals surface area contributed by atoms with Crippen molar-refractivity contribution in [1.29, 1.82) is 0 Å². The summed E-state index contributed by atoms with van der Waals surface area (Å²) in [6.07, 6.45) is 0. The fraction of sp³-hybridized carbons (Fsp3) is 0.118. The molecular formula is C17H14ClFN2. The molecule has 1 heterocycles. The molecular weight excluding hydrogens is 287 g/mol. The van der Waals surface area contributed by atoms with Crippen LogP contribution in [0, 0.1) is 12.7 Å². The monoisotopic (exact) mass is 300 g/mol. The SMILES string of the molecule is Cc1ccc2cccc(NCc3ccc(F)cc3Cl)c2n1. The molecule has 0 saturated carbocycles. The Hall–Kier alpha value is -2.13. The van der Waals surface area contributed by atoms with Gasteiger partial charge in [-0.1, -0.05) is 35.9 Å². The molecule has 0 spiro atoms. The normalized spacial score (nSPS) is 10.8. The van der Waals surface area contributed by atoms with E-state index in [-0.39, 0.29) is 5.82 Å². The van der Waals surface area contributed by atoms with Crippen molar-refractivity contribution in [3.63, 3.8) is 0 Å². The van der Waals surface area contributed by atoms with Gasteiger partial charge in [0.25, 0.3) is 0 Å². The summed E-state index contributed by atoms with van der Waals surface area (Å²) in [6.45, 7) is 2.49. The van der Waals surface area contributed by atoms with Crippen molar-refractivity contribution in [3.05, 3.63) is 70.6 Å². The van der Waals surface area contributed by atoms with Gasteiger partial charge in [0.2, 0.25) is 0 Å². The zero-order valence-electron chi connectivity index (χ0n) is 11.5. The van der Waals surface area contributed by atoms with Gasteiger partial charge in [0.1, 0.15) is 5.82 Å². The van der Waals surface area contributed by atoms with Crippen LogP contribution in [0.25, 0.3) is 10.9 Å². The van der Waals surface area contributed by atoms with Gasteiger partial charge < -0.3 is 5.32 Å². The highest BCUT2D eigenvalue weighted by atomic mass is 35.5. The number of hydrogen-bond acceptors (Lipinski definition) is 2. The van der Waals surface area contributed by atoms with Crippen LogP contribution in [0.1, 0.15) is 11.3 Å². The van der Waals surface area contributed by atoms with Gasteiger partial charge in [0.15, 0.2) is 0 Å². The summed E-state index contributed by atoms with van der Waals surface area (Å²) in [5.74, 6) is -0.328. The zero-order chi connectivity index (χ0) is 14.8. The molecule has 0 fully saturated rings. The van der Waals surface area contributed by atoms with Gasteiger partial charge in [-0.2, -0.15) is 0 Å². The first kappa shape index (κ1) is 13.8. The molecule has 0 saturated heterocycles. The molecule has 0 aliphatic heterocycles. The Morgan fingerprint density at radius 1 is 1.14 bits per heavy atom. The molecule has 0 aliphatic rings. The molecule has 0 aliphatic carbocycles. The van der Waals surface area contributed by atoms with Crippen LogP contribution in [0.3, 0.4) is 0 Å². The second-order valence-corrected chi connectivity index (χ2v) is 5.33. The van der Waals surface area contributed by atoms with Crippen LogP contribution in [-0.4, -0.2) is 4.98 Å². The van der Waals surface area contributed by atoms with Gasteiger partial charge in [0, 0.05) is 22.6 Å². The first-order valence-corrected chi connectivity index (χ1v) is 7.05. The maximum atomic E-state index is 13.0. The fourth-order valence-electron chi connectivity index (χ4n) is 2.24. The topological polar surface area (TPSA) is 24.9 Å². The van der Waals surface area contributed by atoms with E-state index in [0.717, 1.165) is 27.8 Å². The third-order valence-corrected chi connectivity index (χ3v) is 3.70. The van der Waals surface area contributed by atoms with Crippen molar-refractivity contribution in [2.24, 2.45) is 0 Å². The van der Waals surface area contributed by atoms with Gasteiger partial charge in [-0.25, -0.2) is 4.39 Å². The lowest BCUT2D eigenvalue weighted by Gasteiger charge is -2.11. The molecule has 1 aromatic heterocycles. The van der Waals surface area contributed by atoms with Crippen LogP contribution in [0.5, 0.6) is 0 Å². The largest absolute Gasteiger partial charge is 0.379 e. The fourth-order valence-corrected chi connectivity index (χ4v) is 2.48. The molecule has 0 bridgehead atoms. The predicted octanol–water partition coefficient (Wildman–Crippen LogP) is 4.95. The van der Waals surface area contributed by atoms with Crippen molar-refractivity contribution in [2.45, 2.75) is 13.5 Å². The lowest BCUT2D eigenvalue weighted by Crippen LogP contribution is -2.01. The Labute approximate surface area is 127 Å². The third-order valence-electron chi connectivity index (χ3n) is 3.34. The van der Waals surface area contributed by atoms with E-state index in [2.05, 4.69) is 10.3 Å². The molecule has 3 rings (SSSR count). The molecule has 0 atom stereocenters. The molecule has 1 N–H and O–H groups in total. The molecule has 0 radical (unpaired) electrons. The molecule has 0 amide bonds. The van der Waals surface area contributed by atoms with Crippen molar-refractivity contribution < 1.29 is 4.39 Å². The number of benzene rings is 2. The Kier molecular flexibility index (Phi) is 3.76. The average Bonchev–Trinajstić information content (AvgIpc) is 2.46. The van der Waals surface area contributed by atoms with Gasteiger partial charge in [-0.05, 0) is 36.8 Å². The Morgan fingerprint density at radius 3 is 2.81 bits per heavy atom. The summed E-state index contributed by atoms with van der Waals surface area (Å²) < 4.78 is 13.0. The Balaban J connectivity index is 1.90. The number of para-hydroxylation sites is 1. The molecule has 21 heavy (non-hydrogen) atoms. The Bertz CT molecular complexity index is 802. The number of nitrogens with zero attached hydrogens (tertiary/aromatic N) is 1. The molecule has 3 aromatic rings. The van der Waals surface area contributed by atoms with Crippen LogP contribution in [-0.2, 0) is 6.54 Å². The first-order valence-electron chi connectivity index (χ1n) is 6.68. The number of fused-ring (bicyclic) bond motifs is 1. The minimum atomic E-state index is -0.328. The number of rotatable bonds is 3. The van der Waals surface area contributed by atoms with Crippen molar-refractivity contribution in [1.82, 2.24) is 4.98 Å². The number of pyridine rings is 1. The van der Waals surface area contributed by atoms with E-state index < -0.39 is 0 Å². The maximum absolute atomic E-state index is 13.0. The van der Waals surface area contributed by atoms with Gasteiger partial charge in [0.05, 0.1) is 11.2 Å². The third kappa shape index (κ3) is 2.98. The lowest BCUT2D eigenvalue weighted by molar-refractivity contribution is 0.627. The van der Waals surface area contributed by atoms with Crippen LogP contribution < -0.4 is 5.32 Å². The predicted molar refractivity (Wildman–Crippen MR) is 85.2 cm³/mol. The van der Waals surface area contributed by atoms with E-state index in [1.54, 1.807) is 6.07 Å². The van der Waals surface area contributed by atoms with E-state index in [1.807, 2.05) is 37.3 Å². The van der Waals surface area contributed by atoms with E-state index >= 15 is 0 Å². The summed E-state index contributed by atoms with van der Waals surface area (Å²) in [7, 11) is 0. The highest BCUT2D eigenvalue weighted by Crippen LogP contribution is 2.24. The maximum Gasteiger partial charge on any atom is 0.124 e. The average molecular weight is 301 g/mol. The highest BCUT2D eigenvalue weighted by molar-refractivity contribution is 6.31. The highest BCUT2D eigenvalue weighted by Gasteiger charge is 2.05. The summed E-state index contributed by atoms with van der Waals surface area (Å²) in [6, 6.07) is 14.4. The quantitative estimate of drug-likeness (QED) is 0.740. The molecule has 4 heteroatoms. The van der Waals surface area contributed by atoms with Gasteiger partial charge in [-0.15, -0.1) is 0 Å². The number of anilines is 1. The smallest absolute Gasteiger partial charge is 0.124 e. The first-order chi connectivity index (χ1) is 10.1. The number of nitrogens with one attached hydrogen (secondary N) is 1. The van der Waals surface area contributed by atoms with Crippen LogP contribution in [0.2, 0.25) is 5.02 Å². The second kappa shape index (κ2) is 5.70. The zero-order valence-corrected chi connectivity index (χ0v) is 12.3. The van der Waals surface area contributed by atoms with E-state index in [4.69, 9.17) is 11.6 Å². The molecule has 0 unspecified atom stereocenters. The number of aromatic nitrogens is 1. The summed E-state index contributed by atoms with van der Waals surface area (Å²) in [5, 5.41) is 4.82. The minimum absolute atomic E-state index is 0.328. The van der Waals surface area contributed by atoms with Crippen molar-refractivity contribution in [2.75, 3.05) is 5.32 Å². The molecule has 2 aromatic carbocycles. The minimum Gasteiger partial charge on any atom is -0.379 e. The van der Waals surface area contributed by atoms with Gasteiger partial charge in [-0.3, -0.25) is 4.98 Å². The lowest BCUT2D eigenvalue weighted by atomic mass is 10.1. The van der Waals surface area contributed by atoms with Crippen LogP contribution >= 0.6 is 11.6 Å². The summed E-state index contributed by atoms with van der Waals surface area (Å²) >= 11 is 6.04. The van der Waals surface area contributed by atoms with E-state index in [0.29, 0.717) is 11.6 Å².